The second kappa shape index (κ2) is 5.67. The van der Waals surface area contributed by atoms with E-state index in [1.807, 2.05) is 12.1 Å². The minimum absolute atomic E-state index is 0.0993. The van der Waals surface area contributed by atoms with Crippen LogP contribution in [0.3, 0.4) is 0 Å². The summed E-state index contributed by atoms with van der Waals surface area (Å²) < 4.78 is 13.4. The minimum Gasteiger partial charge on any atom is -0.207 e. The topological polar surface area (TPSA) is 0 Å². The lowest BCUT2D eigenvalue weighted by Crippen LogP contribution is -2.12. The molecule has 1 aliphatic rings. The van der Waals surface area contributed by atoms with Crippen LogP contribution in [0.4, 0.5) is 4.39 Å². The molecular weight excluding hydrogens is 223 g/mol. The Hall–Kier alpha value is -0.560. The standard InChI is InChI=1S/C14H18ClF/c15-13(11-5-1-2-6-11)10-9-12-7-3-4-8-14(12)16/h3-4,7-8,11,13H,1-2,5-6,9-10H2. The fourth-order valence-electron chi connectivity index (χ4n) is 2.55. The summed E-state index contributed by atoms with van der Waals surface area (Å²) in [7, 11) is 0. The maximum Gasteiger partial charge on any atom is 0.126 e. The molecule has 0 radical (unpaired) electrons. The third-order valence-electron chi connectivity index (χ3n) is 3.56. The van der Waals surface area contributed by atoms with Crippen molar-refractivity contribution in [1.82, 2.24) is 0 Å². The molecule has 0 aromatic heterocycles. The van der Waals surface area contributed by atoms with E-state index in [4.69, 9.17) is 11.6 Å². The van der Waals surface area contributed by atoms with Gasteiger partial charge in [-0.1, -0.05) is 31.0 Å². The van der Waals surface area contributed by atoms with Gasteiger partial charge in [-0.05, 0) is 43.2 Å². The molecule has 1 aromatic carbocycles. The summed E-state index contributed by atoms with van der Waals surface area (Å²) in [6.07, 6.45) is 6.79. The molecule has 16 heavy (non-hydrogen) atoms. The highest BCUT2D eigenvalue weighted by Crippen LogP contribution is 2.32. The van der Waals surface area contributed by atoms with Crippen LogP contribution in [0.25, 0.3) is 0 Å². The molecular formula is C14H18ClF. The molecule has 2 heteroatoms. The van der Waals surface area contributed by atoms with Crippen molar-refractivity contribution in [2.24, 2.45) is 5.92 Å². The minimum atomic E-state index is -0.0993. The lowest BCUT2D eigenvalue weighted by Gasteiger charge is -2.16. The quantitative estimate of drug-likeness (QED) is 0.677. The van der Waals surface area contributed by atoms with Crippen molar-refractivity contribution in [2.75, 3.05) is 0 Å². The Labute approximate surface area is 102 Å². The van der Waals surface area contributed by atoms with Gasteiger partial charge >= 0.3 is 0 Å². The van der Waals surface area contributed by atoms with Crippen molar-refractivity contribution in [1.29, 1.82) is 0 Å². The monoisotopic (exact) mass is 240 g/mol. The molecule has 0 amide bonds. The molecule has 1 fully saturated rings. The maximum atomic E-state index is 13.4. The fourth-order valence-corrected chi connectivity index (χ4v) is 2.91. The molecule has 0 nitrogen and oxygen atoms in total. The van der Waals surface area contributed by atoms with Crippen LogP contribution in [0.15, 0.2) is 24.3 Å². The Kier molecular flexibility index (Phi) is 4.22. The van der Waals surface area contributed by atoms with Crippen molar-refractivity contribution in [3.05, 3.63) is 35.6 Å². The van der Waals surface area contributed by atoms with Gasteiger partial charge < -0.3 is 0 Å². The zero-order valence-corrected chi connectivity index (χ0v) is 10.2. The molecule has 0 saturated heterocycles. The Balaban J connectivity index is 1.84. The Morgan fingerprint density at radius 3 is 2.62 bits per heavy atom. The van der Waals surface area contributed by atoms with Gasteiger partial charge in [0.25, 0.3) is 0 Å². The van der Waals surface area contributed by atoms with E-state index >= 15 is 0 Å². The van der Waals surface area contributed by atoms with Crippen LogP contribution in [-0.4, -0.2) is 5.38 Å². The van der Waals surface area contributed by atoms with Crippen molar-refractivity contribution in [3.8, 4) is 0 Å². The molecule has 0 bridgehead atoms. The first-order chi connectivity index (χ1) is 7.77. The number of hydrogen-bond donors (Lipinski definition) is 0. The van der Waals surface area contributed by atoms with Crippen LogP contribution < -0.4 is 0 Å². The van der Waals surface area contributed by atoms with Gasteiger partial charge in [-0.3, -0.25) is 0 Å². The summed E-state index contributed by atoms with van der Waals surface area (Å²) >= 11 is 6.37. The Bertz CT molecular complexity index is 331. The van der Waals surface area contributed by atoms with E-state index in [0.717, 1.165) is 18.4 Å². The predicted molar refractivity (Wildman–Crippen MR) is 66.3 cm³/mol. The number of halogens is 2. The predicted octanol–water partition coefficient (Wildman–Crippen LogP) is 4.56. The highest BCUT2D eigenvalue weighted by atomic mass is 35.5. The van der Waals surface area contributed by atoms with E-state index in [9.17, 15) is 4.39 Å². The van der Waals surface area contributed by atoms with E-state index < -0.39 is 0 Å². The normalized spacial score (nSPS) is 18.9. The Morgan fingerprint density at radius 1 is 1.25 bits per heavy atom. The molecule has 88 valence electrons. The van der Waals surface area contributed by atoms with Crippen LogP contribution >= 0.6 is 11.6 Å². The van der Waals surface area contributed by atoms with Gasteiger partial charge in [0.05, 0.1) is 0 Å². The molecule has 1 aliphatic carbocycles. The number of rotatable bonds is 4. The lowest BCUT2D eigenvalue weighted by atomic mass is 9.97. The van der Waals surface area contributed by atoms with Gasteiger partial charge in [0.1, 0.15) is 5.82 Å². The van der Waals surface area contributed by atoms with Gasteiger partial charge in [-0.15, -0.1) is 11.6 Å². The van der Waals surface area contributed by atoms with Crippen LogP contribution in [0.2, 0.25) is 0 Å². The van der Waals surface area contributed by atoms with Gasteiger partial charge in [0.15, 0.2) is 0 Å². The van der Waals surface area contributed by atoms with Crippen LogP contribution in [-0.2, 0) is 6.42 Å². The SMILES string of the molecule is Fc1ccccc1CCC(Cl)C1CCCC1. The van der Waals surface area contributed by atoms with E-state index in [-0.39, 0.29) is 11.2 Å². The summed E-state index contributed by atoms with van der Waals surface area (Å²) in [5.41, 5.74) is 0.797. The van der Waals surface area contributed by atoms with Crippen molar-refractivity contribution in [3.63, 3.8) is 0 Å². The average Bonchev–Trinajstić information content (AvgIpc) is 2.81. The highest BCUT2D eigenvalue weighted by Gasteiger charge is 2.22. The number of benzene rings is 1. The van der Waals surface area contributed by atoms with E-state index in [1.165, 1.54) is 31.7 Å². The van der Waals surface area contributed by atoms with Crippen LogP contribution in [0, 0.1) is 11.7 Å². The molecule has 1 aromatic rings. The first kappa shape index (κ1) is 11.9. The van der Waals surface area contributed by atoms with Gasteiger partial charge in [-0.25, -0.2) is 4.39 Å². The third kappa shape index (κ3) is 2.98. The zero-order valence-electron chi connectivity index (χ0n) is 9.46. The van der Waals surface area contributed by atoms with Crippen molar-refractivity contribution < 1.29 is 4.39 Å². The van der Waals surface area contributed by atoms with Gasteiger partial charge in [-0.2, -0.15) is 0 Å². The number of alkyl halides is 1. The summed E-state index contributed by atoms with van der Waals surface area (Å²) in [4.78, 5) is 0. The lowest BCUT2D eigenvalue weighted by molar-refractivity contribution is 0.488. The molecule has 0 heterocycles. The molecule has 0 N–H and O–H groups in total. The maximum absolute atomic E-state index is 13.4. The summed E-state index contributed by atoms with van der Waals surface area (Å²) in [5, 5.41) is 0.224. The molecule has 2 rings (SSSR count). The molecule has 1 unspecified atom stereocenters. The molecule has 0 spiro atoms. The van der Waals surface area contributed by atoms with Crippen molar-refractivity contribution in [2.45, 2.75) is 43.9 Å². The van der Waals surface area contributed by atoms with E-state index in [0.29, 0.717) is 5.92 Å². The van der Waals surface area contributed by atoms with Crippen LogP contribution in [0.5, 0.6) is 0 Å². The van der Waals surface area contributed by atoms with Crippen LogP contribution in [0.1, 0.15) is 37.7 Å². The zero-order chi connectivity index (χ0) is 11.4. The second-order valence-electron chi connectivity index (χ2n) is 4.69. The summed E-state index contributed by atoms with van der Waals surface area (Å²) in [6.45, 7) is 0. The number of hydrogen-bond acceptors (Lipinski definition) is 0. The smallest absolute Gasteiger partial charge is 0.126 e. The number of aryl methyl sites for hydroxylation is 1. The molecule has 1 saturated carbocycles. The average molecular weight is 241 g/mol. The van der Waals surface area contributed by atoms with Gasteiger partial charge in [0, 0.05) is 5.38 Å². The molecule has 1 atom stereocenters. The van der Waals surface area contributed by atoms with E-state index in [2.05, 4.69) is 0 Å². The second-order valence-corrected chi connectivity index (χ2v) is 5.25. The van der Waals surface area contributed by atoms with E-state index in [1.54, 1.807) is 6.07 Å². The van der Waals surface area contributed by atoms with Gasteiger partial charge in [0.2, 0.25) is 0 Å². The fraction of sp³-hybridized carbons (Fsp3) is 0.571. The Morgan fingerprint density at radius 2 is 1.94 bits per heavy atom. The first-order valence-electron chi connectivity index (χ1n) is 6.15. The largest absolute Gasteiger partial charge is 0.207 e. The van der Waals surface area contributed by atoms with Crippen molar-refractivity contribution >= 4 is 11.6 Å². The summed E-state index contributed by atoms with van der Waals surface area (Å²) in [5.74, 6) is 0.561. The molecule has 0 aliphatic heterocycles. The first-order valence-corrected chi connectivity index (χ1v) is 6.58. The summed E-state index contributed by atoms with van der Waals surface area (Å²) in [6, 6.07) is 6.99. The highest BCUT2D eigenvalue weighted by molar-refractivity contribution is 6.20. The third-order valence-corrected chi connectivity index (χ3v) is 4.13.